The minimum atomic E-state index is 0.0950. The van der Waals surface area contributed by atoms with Crippen molar-refractivity contribution in [2.45, 2.75) is 38.1 Å². The van der Waals surface area contributed by atoms with Crippen molar-refractivity contribution < 1.29 is 4.74 Å². The van der Waals surface area contributed by atoms with Crippen LogP contribution in [0, 0.1) is 5.92 Å². The average molecular weight is 310 g/mol. The normalized spacial score (nSPS) is 27.4. The average Bonchev–Trinajstić information content (AvgIpc) is 3.09. The summed E-state index contributed by atoms with van der Waals surface area (Å²) in [6.45, 7) is 4.26. The van der Waals surface area contributed by atoms with E-state index in [-0.39, 0.29) is 5.54 Å². The van der Waals surface area contributed by atoms with Gasteiger partial charge in [-0.1, -0.05) is 12.1 Å². The molecule has 0 radical (unpaired) electrons. The molecule has 1 N–H and O–H groups in total. The molecule has 2 fully saturated rings. The smallest absolute Gasteiger partial charge is 0.133 e. The summed E-state index contributed by atoms with van der Waals surface area (Å²) in [6, 6.07) is 6.37. The molecule has 98 valence electrons. The maximum Gasteiger partial charge on any atom is 0.133 e. The molecule has 1 aliphatic heterocycles. The lowest BCUT2D eigenvalue weighted by Crippen LogP contribution is -2.33. The van der Waals surface area contributed by atoms with Gasteiger partial charge in [-0.25, -0.2) is 0 Å². The molecule has 1 aromatic carbocycles. The van der Waals surface area contributed by atoms with E-state index in [4.69, 9.17) is 4.74 Å². The number of nitrogens with one attached hydrogen (secondary N) is 1. The van der Waals surface area contributed by atoms with E-state index in [1.807, 2.05) is 0 Å². The summed E-state index contributed by atoms with van der Waals surface area (Å²) >= 11 is 3.73. The van der Waals surface area contributed by atoms with Gasteiger partial charge in [0.1, 0.15) is 5.75 Å². The molecule has 0 spiro atoms. The molecule has 3 heteroatoms. The fourth-order valence-corrected chi connectivity index (χ4v) is 3.48. The topological polar surface area (TPSA) is 21.3 Å². The van der Waals surface area contributed by atoms with Crippen molar-refractivity contribution >= 4 is 15.9 Å². The van der Waals surface area contributed by atoms with Gasteiger partial charge in [0.05, 0.1) is 11.1 Å². The van der Waals surface area contributed by atoms with Crippen LogP contribution in [0.4, 0.5) is 0 Å². The summed E-state index contributed by atoms with van der Waals surface area (Å²) in [5.74, 6) is 1.79. The number of benzene rings is 1. The van der Waals surface area contributed by atoms with E-state index >= 15 is 0 Å². The molecule has 18 heavy (non-hydrogen) atoms. The van der Waals surface area contributed by atoms with Gasteiger partial charge in [-0.3, -0.25) is 0 Å². The molecule has 1 saturated heterocycles. The highest BCUT2D eigenvalue weighted by molar-refractivity contribution is 9.10. The molecule has 0 amide bonds. The molecule has 2 nitrogen and oxygen atoms in total. The Kier molecular flexibility index (Phi) is 3.37. The van der Waals surface area contributed by atoms with E-state index < -0.39 is 0 Å². The lowest BCUT2D eigenvalue weighted by atomic mass is 9.90. The number of rotatable bonds is 4. The highest BCUT2D eigenvalue weighted by Crippen LogP contribution is 2.40. The zero-order chi connectivity index (χ0) is 12.6. The second-order valence-electron chi connectivity index (χ2n) is 5.73. The van der Waals surface area contributed by atoms with Gasteiger partial charge >= 0.3 is 0 Å². The Morgan fingerprint density at radius 2 is 2.28 bits per heavy atom. The van der Waals surface area contributed by atoms with Crippen LogP contribution in [0.15, 0.2) is 22.7 Å². The number of ether oxygens (including phenoxy) is 1. The van der Waals surface area contributed by atoms with Crippen LogP contribution in [-0.4, -0.2) is 13.2 Å². The first kappa shape index (κ1) is 12.5. The number of halogens is 1. The van der Waals surface area contributed by atoms with Gasteiger partial charge in [-0.2, -0.15) is 0 Å². The third-order valence-electron chi connectivity index (χ3n) is 4.10. The predicted octanol–water partition coefficient (Wildman–Crippen LogP) is 3.84. The van der Waals surface area contributed by atoms with Crippen LogP contribution in [-0.2, 0) is 5.54 Å². The molecule has 3 rings (SSSR count). The second-order valence-corrected chi connectivity index (χ2v) is 6.53. The van der Waals surface area contributed by atoms with E-state index in [0.717, 1.165) is 29.3 Å². The number of hydrogen-bond donors (Lipinski definition) is 1. The Bertz CT molecular complexity index is 436. The van der Waals surface area contributed by atoms with Crippen molar-refractivity contribution in [2.75, 3.05) is 13.2 Å². The summed E-state index contributed by atoms with van der Waals surface area (Å²) < 4.78 is 7.06. The maximum absolute atomic E-state index is 5.93. The molecule has 1 atom stereocenters. The third kappa shape index (κ3) is 2.43. The summed E-state index contributed by atoms with van der Waals surface area (Å²) in [7, 11) is 0. The molecule has 1 saturated carbocycles. The Balaban J connectivity index is 1.83. The second kappa shape index (κ2) is 4.86. The van der Waals surface area contributed by atoms with Crippen LogP contribution < -0.4 is 10.1 Å². The van der Waals surface area contributed by atoms with E-state index in [1.54, 1.807) is 0 Å². The Hall–Kier alpha value is -0.540. The first-order valence-electron chi connectivity index (χ1n) is 6.86. The fraction of sp³-hybridized carbons (Fsp3) is 0.600. The third-order valence-corrected chi connectivity index (χ3v) is 4.92. The zero-order valence-electron chi connectivity index (χ0n) is 10.8. The quantitative estimate of drug-likeness (QED) is 0.912. The van der Waals surface area contributed by atoms with E-state index in [0.29, 0.717) is 0 Å². The highest BCUT2D eigenvalue weighted by Gasteiger charge is 2.32. The van der Waals surface area contributed by atoms with Crippen LogP contribution >= 0.6 is 15.9 Å². The molecule has 1 heterocycles. The standard InChI is InChI=1S/C15H20BrNO/c1-15(8-3-9-17-15)12-4-2-5-13(14(12)16)18-10-11-6-7-11/h2,4-5,11,17H,3,6-10H2,1H3. The van der Waals surface area contributed by atoms with Gasteiger partial charge in [0.15, 0.2) is 0 Å². The lowest BCUT2D eigenvalue weighted by Gasteiger charge is -2.27. The Labute approximate surface area is 117 Å². The van der Waals surface area contributed by atoms with Crippen molar-refractivity contribution in [1.29, 1.82) is 0 Å². The molecule has 0 bridgehead atoms. The molecule has 1 aliphatic carbocycles. The SMILES string of the molecule is CC1(c2cccc(OCC3CC3)c2Br)CCCN1. The van der Waals surface area contributed by atoms with Crippen LogP contribution in [0.5, 0.6) is 5.75 Å². The Morgan fingerprint density at radius 3 is 2.94 bits per heavy atom. The van der Waals surface area contributed by atoms with Gasteiger partial charge < -0.3 is 10.1 Å². The van der Waals surface area contributed by atoms with Crippen molar-refractivity contribution in [3.63, 3.8) is 0 Å². The summed E-state index contributed by atoms with van der Waals surface area (Å²) in [5, 5.41) is 3.61. The Morgan fingerprint density at radius 1 is 1.44 bits per heavy atom. The van der Waals surface area contributed by atoms with Gasteiger partial charge in [0, 0.05) is 5.54 Å². The zero-order valence-corrected chi connectivity index (χ0v) is 12.4. The molecule has 0 aromatic heterocycles. The molecule has 2 aliphatic rings. The minimum Gasteiger partial charge on any atom is -0.492 e. The summed E-state index contributed by atoms with van der Waals surface area (Å²) in [6.07, 6.45) is 5.10. The highest BCUT2D eigenvalue weighted by atomic mass is 79.9. The van der Waals surface area contributed by atoms with E-state index in [2.05, 4.69) is 46.4 Å². The van der Waals surface area contributed by atoms with Crippen molar-refractivity contribution in [3.05, 3.63) is 28.2 Å². The van der Waals surface area contributed by atoms with E-state index in [9.17, 15) is 0 Å². The van der Waals surface area contributed by atoms with Gasteiger partial charge in [-0.05, 0) is 72.6 Å². The lowest BCUT2D eigenvalue weighted by molar-refractivity contribution is 0.296. The van der Waals surface area contributed by atoms with Crippen LogP contribution in [0.1, 0.15) is 38.2 Å². The van der Waals surface area contributed by atoms with Gasteiger partial charge in [0.2, 0.25) is 0 Å². The fourth-order valence-electron chi connectivity index (χ4n) is 2.67. The molecular formula is C15H20BrNO. The summed E-state index contributed by atoms with van der Waals surface area (Å²) in [5.41, 5.74) is 1.42. The monoisotopic (exact) mass is 309 g/mol. The van der Waals surface area contributed by atoms with Crippen molar-refractivity contribution in [1.82, 2.24) is 5.32 Å². The van der Waals surface area contributed by atoms with E-state index in [1.165, 1.54) is 31.2 Å². The van der Waals surface area contributed by atoms with Gasteiger partial charge in [-0.15, -0.1) is 0 Å². The summed E-state index contributed by atoms with van der Waals surface area (Å²) in [4.78, 5) is 0. The molecule has 1 unspecified atom stereocenters. The largest absolute Gasteiger partial charge is 0.492 e. The molecular weight excluding hydrogens is 290 g/mol. The van der Waals surface area contributed by atoms with Crippen LogP contribution in [0.25, 0.3) is 0 Å². The molecule has 1 aromatic rings. The first-order valence-corrected chi connectivity index (χ1v) is 7.65. The van der Waals surface area contributed by atoms with Crippen LogP contribution in [0.2, 0.25) is 0 Å². The maximum atomic E-state index is 5.93. The minimum absolute atomic E-state index is 0.0950. The van der Waals surface area contributed by atoms with Crippen molar-refractivity contribution in [2.24, 2.45) is 5.92 Å². The van der Waals surface area contributed by atoms with Crippen LogP contribution in [0.3, 0.4) is 0 Å². The first-order chi connectivity index (χ1) is 8.69. The predicted molar refractivity (Wildman–Crippen MR) is 76.9 cm³/mol. The van der Waals surface area contributed by atoms with Crippen molar-refractivity contribution in [3.8, 4) is 5.75 Å². The van der Waals surface area contributed by atoms with Gasteiger partial charge in [0.25, 0.3) is 0 Å². The number of hydrogen-bond acceptors (Lipinski definition) is 2.